The van der Waals surface area contributed by atoms with E-state index in [2.05, 4.69) is 24.2 Å². The van der Waals surface area contributed by atoms with E-state index in [9.17, 15) is 4.79 Å². The normalized spacial score (nSPS) is 21.2. The molecule has 0 radical (unpaired) electrons. The van der Waals surface area contributed by atoms with E-state index in [-0.39, 0.29) is 30.6 Å². The molecule has 0 spiro atoms. The first-order valence-corrected chi connectivity index (χ1v) is 9.18. The predicted octanol–water partition coefficient (Wildman–Crippen LogP) is 2.38. The third-order valence-electron chi connectivity index (χ3n) is 3.90. The molecule has 0 amide bonds. The molecule has 0 aliphatic carbocycles. The van der Waals surface area contributed by atoms with Crippen molar-refractivity contribution in [3.05, 3.63) is 11.9 Å². The molecule has 1 aliphatic heterocycles. The molecule has 7 heteroatoms. The zero-order chi connectivity index (χ0) is 18.2. The Morgan fingerprint density at radius 3 is 2.92 bits per heavy atom. The van der Waals surface area contributed by atoms with Crippen molar-refractivity contribution in [3.8, 4) is 0 Å². The molecular formula is C18H31N3O4. The smallest absolute Gasteiger partial charge is 0.154 e. The monoisotopic (exact) mass is 353 g/mol. The van der Waals surface area contributed by atoms with Gasteiger partial charge in [-0.05, 0) is 26.2 Å². The van der Waals surface area contributed by atoms with Gasteiger partial charge in [0.15, 0.2) is 5.78 Å². The molecule has 2 heterocycles. The van der Waals surface area contributed by atoms with Crippen LogP contribution < -0.4 is 0 Å². The van der Waals surface area contributed by atoms with Gasteiger partial charge < -0.3 is 14.2 Å². The first-order chi connectivity index (χ1) is 11.9. The van der Waals surface area contributed by atoms with Gasteiger partial charge >= 0.3 is 0 Å². The van der Waals surface area contributed by atoms with E-state index < -0.39 is 0 Å². The van der Waals surface area contributed by atoms with Gasteiger partial charge in [0.1, 0.15) is 12.2 Å². The fraction of sp³-hybridized carbons (Fsp3) is 0.833. The Labute approximate surface area is 150 Å². The molecule has 1 saturated heterocycles. The molecule has 1 aliphatic rings. The highest BCUT2D eigenvalue weighted by Gasteiger charge is 2.24. The highest BCUT2D eigenvalue weighted by atomic mass is 16.5. The Kier molecular flexibility index (Phi) is 7.99. The van der Waals surface area contributed by atoms with Crippen LogP contribution in [0.5, 0.6) is 0 Å². The van der Waals surface area contributed by atoms with E-state index in [0.29, 0.717) is 32.2 Å². The average molecular weight is 353 g/mol. The van der Waals surface area contributed by atoms with E-state index >= 15 is 0 Å². The lowest BCUT2D eigenvalue weighted by Crippen LogP contribution is -2.35. The predicted molar refractivity (Wildman–Crippen MR) is 93.1 cm³/mol. The SMILES string of the molecule is CC(C)CC(=O)Cn1cc(COC[C@@H]2C[C@@H](OC(C)C)CCO2)nn1. The maximum Gasteiger partial charge on any atom is 0.154 e. The van der Waals surface area contributed by atoms with Crippen LogP contribution in [0.4, 0.5) is 0 Å². The Morgan fingerprint density at radius 1 is 1.40 bits per heavy atom. The van der Waals surface area contributed by atoms with Crippen molar-refractivity contribution in [2.24, 2.45) is 5.92 Å². The minimum absolute atomic E-state index is 0.0557. The number of rotatable bonds is 10. The summed E-state index contributed by atoms with van der Waals surface area (Å²) in [4.78, 5) is 11.8. The molecule has 7 nitrogen and oxygen atoms in total. The summed E-state index contributed by atoms with van der Waals surface area (Å²) in [5.74, 6) is 0.525. The van der Waals surface area contributed by atoms with Crippen molar-refractivity contribution in [1.82, 2.24) is 15.0 Å². The summed E-state index contributed by atoms with van der Waals surface area (Å²) < 4.78 is 18.9. The summed E-state index contributed by atoms with van der Waals surface area (Å²) in [6.45, 7) is 10.0. The third-order valence-corrected chi connectivity index (χ3v) is 3.90. The Hall–Kier alpha value is -1.31. The lowest BCUT2D eigenvalue weighted by atomic mass is 10.1. The van der Waals surface area contributed by atoms with Crippen molar-refractivity contribution < 1.29 is 19.0 Å². The lowest BCUT2D eigenvalue weighted by Gasteiger charge is -2.30. The van der Waals surface area contributed by atoms with Gasteiger partial charge in [-0.3, -0.25) is 4.79 Å². The molecule has 0 unspecified atom stereocenters. The van der Waals surface area contributed by atoms with E-state index in [0.717, 1.165) is 18.5 Å². The lowest BCUT2D eigenvalue weighted by molar-refractivity contribution is -0.120. The molecule has 2 rings (SSSR count). The van der Waals surface area contributed by atoms with E-state index in [1.165, 1.54) is 0 Å². The van der Waals surface area contributed by atoms with Gasteiger partial charge in [-0.2, -0.15) is 0 Å². The maximum absolute atomic E-state index is 11.8. The second-order valence-corrected chi connectivity index (χ2v) is 7.38. The van der Waals surface area contributed by atoms with E-state index in [4.69, 9.17) is 14.2 Å². The molecule has 0 saturated carbocycles. The van der Waals surface area contributed by atoms with Gasteiger partial charge in [0, 0.05) is 19.4 Å². The van der Waals surface area contributed by atoms with Crippen LogP contribution in [-0.2, 0) is 32.2 Å². The van der Waals surface area contributed by atoms with Gasteiger partial charge in [-0.15, -0.1) is 5.10 Å². The Balaban J connectivity index is 1.69. The standard InChI is InChI=1S/C18H31N3O4/c1-13(2)7-16(22)10-21-9-15(19-20-21)11-23-12-18-8-17(5-6-24-18)25-14(3)4/h9,13-14,17-18H,5-8,10-12H2,1-4H3/t17-,18-/m0/s1. The number of ether oxygens (including phenoxy) is 3. The number of hydrogen-bond acceptors (Lipinski definition) is 6. The first kappa shape index (κ1) is 20.0. The van der Waals surface area contributed by atoms with Crippen molar-refractivity contribution in [2.75, 3.05) is 13.2 Å². The summed E-state index contributed by atoms with van der Waals surface area (Å²) in [5.41, 5.74) is 0.725. The summed E-state index contributed by atoms with van der Waals surface area (Å²) >= 11 is 0. The van der Waals surface area contributed by atoms with Crippen LogP contribution in [0.25, 0.3) is 0 Å². The number of carbonyl (C=O) groups excluding carboxylic acids is 1. The number of Topliss-reactive ketones (excluding diaryl/α,β-unsaturated/α-hetero) is 1. The molecule has 25 heavy (non-hydrogen) atoms. The van der Waals surface area contributed by atoms with E-state index in [1.54, 1.807) is 10.9 Å². The molecule has 142 valence electrons. The second kappa shape index (κ2) is 9.99. The molecule has 2 atom stereocenters. The summed E-state index contributed by atoms with van der Waals surface area (Å²) in [6, 6.07) is 0. The number of nitrogens with zero attached hydrogens (tertiary/aromatic N) is 3. The van der Waals surface area contributed by atoms with Crippen LogP contribution >= 0.6 is 0 Å². The summed E-state index contributed by atoms with van der Waals surface area (Å²) in [6.07, 6.45) is 4.66. The number of carbonyl (C=O) groups is 1. The van der Waals surface area contributed by atoms with Gasteiger partial charge in [0.05, 0.1) is 37.7 Å². The molecule has 0 bridgehead atoms. The second-order valence-electron chi connectivity index (χ2n) is 7.38. The average Bonchev–Trinajstić information content (AvgIpc) is 2.93. The fourth-order valence-electron chi connectivity index (χ4n) is 2.95. The molecule has 1 aromatic heterocycles. The van der Waals surface area contributed by atoms with Gasteiger partial charge in [-0.1, -0.05) is 19.1 Å². The van der Waals surface area contributed by atoms with Crippen LogP contribution in [0, 0.1) is 5.92 Å². The van der Waals surface area contributed by atoms with Crippen molar-refractivity contribution in [2.45, 2.75) is 78.4 Å². The number of hydrogen-bond donors (Lipinski definition) is 0. The molecule has 0 aromatic carbocycles. The van der Waals surface area contributed by atoms with Crippen molar-refractivity contribution >= 4 is 5.78 Å². The number of ketones is 1. The minimum Gasteiger partial charge on any atom is -0.376 e. The fourth-order valence-corrected chi connectivity index (χ4v) is 2.95. The van der Waals surface area contributed by atoms with Crippen LogP contribution in [-0.4, -0.2) is 52.3 Å². The maximum atomic E-state index is 11.8. The molecule has 1 fully saturated rings. The largest absolute Gasteiger partial charge is 0.376 e. The van der Waals surface area contributed by atoms with Crippen LogP contribution in [0.1, 0.15) is 52.7 Å². The van der Waals surface area contributed by atoms with Gasteiger partial charge in [0.2, 0.25) is 0 Å². The zero-order valence-electron chi connectivity index (χ0n) is 15.8. The van der Waals surface area contributed by atoms with Gasteiger partial charge in [-0.25, -0.2) is 4.68 Å². The Bertz CT molecular complexity index is 530. The van der Waals surface area contributed by atoms with Crippen LogP contribution in [0.15, 0.2) is 6.20 Å². The highest BCUT2D eigenvalue weighted by Crippen LogP contribution is 2.19. The van der Waals surface area contributed by atoms with Crippen LogP contribution in [0.3, 0.4) is 0 Å². The Morgan fingerprint density at radius 2 is 2.20 bits per heavy atom. The number of aromatic nitrogens is 3. The summed E-state index contributed by atoms with van der Waals surface area (Å²) in [5, 5.41) is 8.04. The summed E-state index contributed by atoms with van der Waals surface area (Å²) in [7, 11) is 0. The molecule has 1 aromatic rings. The zero-order valence-corrected chi connectivity index (χ0v) is 15.8. The first-order valence-electron chi connectivity index (χ1n) is 9.18. The topological polar surface area (TPSA) is 75.5 Å². The molecule has 0 N–H and O–H groups in total. The van der Waals surface area contributed by atoms with Gasteiger partial charge in [0.25, 0.3) is 0 Å². The third kappa shape index (κ3) is 7.63. The minimum atomic E-state index is 0.0557. The van der Waals surface area contributed by atoms with Crippen molar-refractivity contribution in [3.63, 3.8) is 0 Å². The van der Waals surface area contributed by atoms with Crippen LogP contribution in [0.2, 0.25) is 0 Å². The van der Waals surface area contributed by atoms with Crippen molar-refractivity contribution in [1.29, 1.82) is 0 Å². The quantitative estimate of drug-likeness (QED) is 0.643. The molecular weight excluding hydrogens is 322 g/mol. The highest BCUT2D eigenvalue weighted by molar-refractivity contribution is 5.78. The van der Waals surface area contributed by atoms with E-state index in [1.807, 2.05) is 13.8 Å².